The van der Waals surface area contributed by atoms with Gasteiger partial charge in [0.25, 0.3) is 0 Å². The molecular weight excluding hydrogens is 314 g/mol. The van der Waals surface area contributed by atoms with Gasteiger partial charge in [0.15, 0.2) is 0 Å². The number of rotatable bonds is 5. The predicted molar refractivity (Wildman–Crippen MR) is 93.8 cm³/mol. The van der Waals surface area contributed by atoms with Gasteiger partial charge in [-0.1, -0.05) is 26.8 Å². The highest BCUT2D eigenvalue weighted by Crippen LogP contribution is 2.26. The molecule has 0 aliphatic carbocycles. The first-order valence-electron chi connectivity index (χ1n) is 7.39. The molecule has 1 atom stereocenters. The van der Waals surface area contributed by atoms with Gasteiger partial charge < -0.3 is 10.6 Å². The summed E-state index contributed by atoms with van der Waals surface area (Å²) in [4.78, 5) is 17.8. The average molecular weight is 338 g/mol. The number of nitrogens with zero attached hydrogens (tertiary/aromatic N) is 1. The Morgan fingerprint density at radius 2 is 2.14 bits per heavy atom. The maximum absolute atomic E-state index is 11.9. The van der Waals surface area contributed by atoms with Crippen molar-refractivity contribution in [2.45, 2.75) is 45.6 Å². The minimum absolute atomic E-state index is 0.0391. The van der Waals surface area contributed by atoms with Crippen LogP contribution in [-0.2, 0) is 11.8 Å². The van der Waals surface area contributed by atoms with Crippen LogP contribution in [0.2, 0.25) is 0 Å². The molecule has 2 rings (SSSR count). The lowest BCUT2D eigenvalue weighted by atomic mass is 9.93. The smallest absolute Gasteiger partial charge is 0.315 e. The summed E-state index contributed by atoms with van der Waals surface area (Å²) in [6, 6.07) is 3.88. The van der Waals surface area contributed by atoms with Crippen molar-refractivity contribution < 1.29 is 4.79 Å². The fourth-order valence-electron chi connectivity index (χ4n) is 1.89. The molecule has 0 radical (unpaired) electrons. The fraction of sp³-hybridized carbons (Fsp3) is 0.500. The lowest BCUT2D eigenvalue weighted by Crippen LogP contribution is -2.38. The standard InChI is InChI=1S/C16H23N3OS2/c1-11(14-19-13(10-22-14)16(2,3)4)18-15(20)17-8-7-12-6-5-9-21-12/h5-6,9-11H,7-8H2,1-4H3,(H2,17,18,20). The Morgan fingerprint density at radius 3 is 2.73 bits per heavy atom. The highest BCUT2D eigenvalue weighted by Gasteiger charge is 2.20. The highest BCUT2D eigenvalue weighted by atomic mass is 32.1. The van der Waals surface area contributed by atoms with E-state index in [0.29, 0.717) is 6.54 Å². The summed E-state index contributed by atoms with van der Waals surface area (Å²) >= 11 is 3.31. The molecule has 0 bridgehead atoms. The Bertz CT molecular complexity index is 599. The second-order valence-corrected chi connectivity index (χ2v) is 8.19. The van der Waals surface area contributed by atoms with Gasteiger partial charge in [-0.2, -0.15) is 0 Å². The van der Waals surface area contributed by atoms with E-state index in [4.69, 9.17) is 0 Å². The zero-order chi connectivity index (χ0) is 16.2. The van der Waals surface area contributed by atoms with Crippen molar-refractivity contribution in [1.29, 1.82) is 0 Å². The predicted octanol–water partition coefficient (Wildman–Crippen LogP) is 4.11. The van der Waals surface area contributed by atoms with Crippen LogP contribution in [0.5, 0.6) is 0 Å². The van der Waals surface area contributed by atoms with Gasteiger partial charge in [0.2, 0.25) is 0 Å². The molecule has 2 heterocycles. The minimum Gasteiger partial charge on any atom is -0.338 e. The van der Waals surface area contributed by atoms with Crippen molar-refractivity contribution in [3.8, 4) is 0 Å². The molecule has 0 aromatic carbocycles. The van der Waals surface area contributed by atoms with E-state index in [-0.39, 0.29) is 17.5 Å². The van der Waals surface area contributed by atoms with Gasteiger partial charge in [-0.05, 0) is 24.8 Å². The van der Waals surface area contributed by atoms with Gasteiger partial charge in [0.1, 0.15) is 5.01 Å². The van der Waals surface area contributed by atoms with E-state index in [1.54, 1.807) is 22.7 Å². The Kier molecular flexibility index (Phi) is 5.58. The van der Waals surface area contributed by atoms with Crippen LogP contribution in [0.1, 0.15) is 49.3 Å². The van der Waals surface area contributed by atoms with Crippen LogP contribution in [0.4, 0.5) is 4.79 Å². The van der Waals surface area contributed by atoms with Crippen LogP contribution < -0.4 is 10.6 Å². The van der Waals surface area contributed by atoms with Gasteiger partial charge in [-0.3, -0.25) is 0 Å². The number of urea groups is 1. The second-order valence-electron chi connectivity index (χ2n) is 6.27. The van der Waals surface area contributed by atoms with E-state index >= 15 is 0 Å². The molecule has 2 amide bonds. The largest absolute Gasteiger partial charge is 0.338 e. The zero-order valence-electron chi connectivity index (χ0n) is 13.5. The first kappa shape index (κ1) is 17.0. The maximum atomic E-state index is 11.9. The number of carbonyl (C=O) groups is 1. The molecule has 0 spiro atoms. The quantitative estimate of drug-likeness (QED) is 0.863. The lowest BCUT2D eigenvalue weighted by Gasteiger charge is -2.15. The summed E-state index contributed by atoms with van der Waals surface area (Å²) in [7, 11) is 0. The lowest BCUT2D eigenvalue weighted by molar-refractivity contribution is 0.238. The van der Waals surface area contributed by atoms with E-state index in [1.807, 2.05) is 18.4 Å². The molecule has 0 fully saturated rings. The van der Waals surface area contributed by atoms with Gasteiger partial charge in [0, 0.05) is 22.2 Å². The Hall–Kier alpha value is -1.40. The van der Waals surface area contributed by atoms with Gasteiger partial charge in [-0.15, -0.1) is 22.7 Å². The zero-order valence-corrected chi connectivity index (χ0v) is 15.1. The molecule has 4 nitrogen and oxygen atoms in total. The van der Waals surface area contributed by atoms with E-state index in [2.05, 4.69) is 47.8 Å². The molecule has 0 saturated heterocycles. The number of hydrogen-bond donors (Lipinski definition) is 2. The van der Waals surface area contributed by atoms with E-state index in [1.165, 1.54) is 4.88 Å². The van der Waals surface area contributed by atoms with Crippen molar-refractivity contribution in [2.75, 3.05) is 6.54 Å². The molecule has 0 aliphatic heterocycles. The van der Waals surface area contributed by atoms with Crippen LogP contribution in [0, 0.1) is 0 Å². The van der Waals surface area contributed by atoms with Crippen LogP contribution in [0.25, 0.3) is 0 Å². The molecule has 2 aromatic heterocycles. The fourth-order valence-corrected chi connectivity index (χ4v) is 3.66. The van der Waals surface area contributed by atoms with Crippen molar-refractivity contribution in [3.05, 3.63) is 38.5 Å². The molecule has 120 valence electrons. The van der Waals surface area contributed by atoms with Crippen LogP contribution in [0.15, 0.2) is 22.9 Å². The number of aromatic nitrogens is 1. The van der Waals surface area contributed by atoms with Gasteiger partial charge in [-0.25, -0.2) is 9.78 Å². The van der Waals surface area contributed by atoms with Crippen LogP contribution in [-0.4, -0.2) is 17.6 Å². The molecule has 22 heavy (non-hydrogen) atoms. The third kappa shape index (κ3) is 4.81. The highest BCUT2D eigenvalue weighted by molar-refractivity contribution is 7.10. The summed E-state index contributed by atoms with van der Waals surface area (Å²) in [5, 5.41) is 10.9. The Labute approximate surface area is 140 Å². The molecular formula is C16H23N3OS2. The number of thiazole rings is 1. The van der Waals surface area contributed by atoms with E-state index in [9.17, 15) is 4.79 Å². The summed E-state index contributed by atoms with van der Waals surface area (Å²) in [6.45, 7) is 9.03. The first-order chi connectivity index (χ1) is 10.4. The molecule has 6 heteroatoms. The molecule has 2 aromatic rings. The third-order valence-electron chi connectivity index (χ3n) is 3.25. The van der Waals surface area contributed by atoms with Crippen molar-refractivity contribution in [3.63, 3.8) is 0 Å². The number of nitrogens with one attached hydrogen (secondary N) is 2. The third-order valence-corrected chi connectivity index (χ3v) is 5.21. The topological polar surface area (TPSA) is 54.0 Å². The summed E-state index contributed by atoms with van der Waals surface area (Å²) in [5.74, 6) is 0. The minimum atomic E-state index is -0.142. The monoisotopic (exact) mass is 337 g/mol. The molecule has 0 aliphatic rings. The van der Waals surface area contributed by atoms with Crippen molar-refractivity contribution in [1.82, 2.24) is 15.6 Å². The van der Waals surface area contributed by atoms with Crippen LogP contribution >= 0.6 is 22.7 Å². The number of hydrogen-bond acceptors (Lipinski definition) is 4. The van der Waals surface area contributed by atoms with Crippen molar-refractivity contribution >= 4 is 28.7 Å². The van der Waals surface area contributed by atoms with Crippen molar-refractivity contribution in [2.24, 2.45) is 0 Å². The van der Waals surface area contributed by atoms with E-state index in [0.717, 1.165) is 17.1 Å². The second kappa shape index (κ2) is 7.24. The average Bonchev–Trinajstić information content (AvgIpc) is 3.09. The Morgan fingerprint density at radius 1 is 1.36 bits per heavy atom. The number of amides is 2. The van der Waals surface area contributed by atoms with Gasteiger partial charge >= 0.3 is 6.03 Å². The summed E-state index contributed by atoms with van der Waals surface area (Å²) in [5.41, 5.74) is 1.11. The SMILES string of the molecule is CC(NC(=O)NCCc1cccs1)c1nc(C(C)(C)C)cs1. The Balaban J connectivity index is 1.79. The molecule has 1 unspecified atom stereocenters. The number of carbonyl (C=O) groups excluding carboxylic acids is 1. The summed E-state index contributed by atoms with van der Waals surface area (Å²) in [6.07, 6.45) is 0.866. The maximum Gasteiger partial charge on any atom is 0.315 e. The van der Waals surface area contributed by atoms with Gasteiger partial charge in [0.05, 0.1) is 11.7 Å². The van der Waals surface area contributed by atoms with E-state index < -0.39 is 0 Å². The molecule has 0 saturated carbocycles. The number of thiophene rings is 1. The first-order valence-corrected chi connectivity index (χ1v) is 9.15. The van der Waals surface area contributed by atoms with Crippen LogP contribution in [0.3, 0.4) is 0 Å². The summed E-state index contributed by atoms with van der Waals surface area (Å²) < 4.78 is 0. The normalized spacial score (nSPS) is 12.9. The molecule has 2 N–H and O–H groups in total.